The molecule has 0 radical (unpaired) electrons. The molecule has 0 unspecified atom stereocenters. The Morgan fingerprint density at radius 2 is 1.84 bits per heavy atom. The van der Waals surface area contributed by atoms with Gasteiger partial charge in [0.1, 0.15) is 5.82 Å². The summed E-state index contributed by atoms with van der Waals surface area (Å²) in [4.78, 5) is 35.0. The van der Waals surface area contributed by atoms with E-state index in [0.717, 1.165) is 5.56 Å². The maximum Gasteiger partial charge on any atom is 0.263 e. The molecule has 32 heavy (non-hydrogen) atoms. The zero-order valence-electron chi connectivity index (χ0n) is 17.4. The van der Waals surface area contributed by atoms with Crippen LogP contribution >= 0.6 is 11.8 Å². The lowest BCUT2D eigenvalue weighted by atomic mass is 10.2. The molecule has 162 valence electrons. The molecule has 0 aliphatic carbocycles. The highest BCUT2D eigenvalue weighted by molar-refractivity contribution is 8.00. The molecule has 0 spiro atoms. The van der Waals surface area contributed by atoms with Crippen LogP contribution in [0.2, 0.25) is 0 Å². The maximum absolute atomic E-state index is 13.2. The maximum atomic E-state index is 13.2. The SMILES string of the molecule is CC[C@H](Sc1nc2ncccc2c(=O)n1Cc1ccccc1)C(=O)Nc1ccc(F)cc1. The Balaban J connectivity index is 1.68. The molecular formula is C24H21FN4O2S. The van der Waals surface area contributed by atoms with E-state index in [1.165, 1.54) is 36.0 Å². The van der Waals surface area contributed by atoms with E-state index in [4.69, 9.17) is 0 Å². The average Bonchev–Trinajstić information content (AvgIpc) is 2.82. The van der Waals surface area contributed by atoms with Gasteiger partial charge < -0.3 is 5.32 Å². The summed E-state index contributed by atoms with van der Waals surface area (Å²) in [6, 6.07) is 18.6. The largest absolute Gasteiger partial charge is 0.325 e. The van der Waals surface area contributed by atoms with Gasteiger partial charge in [-0.25, -0.2) is 14.4 Å². The summed E-state index contributed by atoms with van der Waals surface area (Å²) in [5.41, 5.74) is 1.59. The molecule has 2 aromatic heterocycles. The molecule has 1 atom stereocenters. The molecule has 8 heteroatoms. The van der Waals surface area contributed by atoms with Crippen molar-refractivity contribution in [1.29, 1.82) is 0 Å². The summed E-state index contributed by atoms with van der Waals surface area (Å²) >= 11 is 1.22. The van der Waals surface area contributed by atoms with E-state index in [9.17, 15) is 14.0 Å². The van der Waals surface area contributed by atoms with Gasteiger partial charge in [0.05, 0.1) is 17.2 Å². The molecule has 0 aliphatic heterocycles. The Morgan fingerprint density at radius 3 is 2.56 bits per heavy atom. The van der Waals surface area contributed by atoms with Gasteiger partial charge in [-0.05, 0) is 48.4 Å². The molecule has 6 nitrogen and oxygen atoms in total. The minimum Gasteiger partial charge on any atom is -0.325 e. The minimum atomic E-state index is -0.505. The zero-order chi connectivity index (χ0) is 22.5. The monoisotopic (exact) mass is 448 g/mol. The zero-order valence-corrected chi connectivity index (χ0v) is 18.2. The van der Waals surface area contributed by atoms with Crippen LogP contribution in [0.25, 0.3) is 11.0 Å². The topological polar surface area (TPSA) is 76.9 Å². The normalized spacial score (nSPS) is 11.9. The van der Waals surface area contributed by atoms with Crippen molar-refractivity contribution in [3.63, 3.8) is 0 Å². The number of halogens is 1. The third kappa shape index (κ3) is 4.86. The summed E-state index contributed by atoms with van der Waals surface area (Å²) in [6.45, 7) is 2.22. The Kier molecular flexibility index (Phi) is 6.61. The number of anilines is 1. The second-order valence-corrected chi connectivity index (χ2v) is 8.33. The Morgan fingerprint density at radius 1 is 1.09 bits per heavy atom. The fraction of sp³-hybridized carbons (Fsp3) is 0.167. The fourth-order valence-corrected chi connectivity index (χ4v) is 4.24. The van der Waals surface area contributed by atoms with Crippen molar-refractivity contribution in [1.82, 2.24) is 14.5 Å². The van der Waals surface area contributed by atoms with Crippen LogP contribution in [0.15, 0.2) is 82.9 Å². The molecule has 4 aromatic rings. The number of hydrogen-bond donors (Lipinski definition) is 1. The first-order chi connectivity index (χ1) is 15.5. The Hall–Kier alpha value is -3.52. The molecule has 1 N–H and O–H groups in total. The number of fused-ring (bicyclic) bond motifs is 1. The number of amides is 1. The van der Waals surface area contributed by atoms with Crippen molar-refractivity contribution in [2.75, 3.05) is 5.32 Å². The molecule has 2 heterocycles. The van der Waals surface area contributed by atoms with E-state index in [1.54, 1.807) is 22.9 Å². The molecule has 0 fully saturated rings. The number of hydrogen-bond acceptors (Lipinski definition) is 5. The highest BCUT2D eigenvalue weighted by Gasteiger charge is 2.22. The number of carbonyl (C=O) groups is 1. The van der Waals surface area contributed by atoms with Gasteiger partial charge in [-0.15, -0.1) is 0 Å². The molecule has 4 rings (SSSR count). The summed E-state index contributed by atoms with van der Waals surface area (Å²) in [5, 5.41) is 3.15. The Labute approximate surface area is 188 Å². The lowest BCUT2D eigenvalue weighted by molar-refractivity contribution is -0.115. The van der Waals surface area contributed by atoms with Crippen LogP contribution in [0.5, 0.6) is 0 Å². The predicted octanol–water partition coefficient (Wildman–Crippen LogP) is 4.49. The smallest absolute Gasteiger partial charge is 0.263 e. The molecule has 0 saturated heterocycles. The number of carbonyl (C=O) groups excluding carboxylic acids is 1. The highest BCUT2D eigenvalue weighted by atomic mass is 32.2. The second kappa shape index (κ2) is 9.74. The first-order valence-corrected chi connectivity index (χ1v) is 11.1. The number of nitrogens with zero attached hydrogens (tertiary/aromatic N) is 3. The van der Waals surface area contributed by atoms with E-state index in [2.05, 4.69) is 15.3 Å². The first kappa shape index (κ1) is 21.7. The van der Waals surface area contributed by atoms with E-state index in [1.807, 2.05) is 37.3 Å². The van der Waals surface area contributed by atoms with Crippen molar-refractivity contribution in [3.8, 4) is 0 Å². The number of aromatic nitrogens is 3. The van der Waals surface area contributed by atoms with Crippen LogP contribution in [0.1, 0.15) is 18.9 Å². The predicted molar refractivity (Wildman–Crippen MR) is 124 cm³/mol. The lowest BCUT2D eigenvalue weighted by Crippen LogP contribution is -2.28. The van der Waals surface area contributed by atoms with E-state index < -0.39 is 5.25 Å². The molecular weight excluding hydrogens is 427 g/mol. The van der Waals surface area contributed by atoms with Crippen LogP contribution in [0, 0.1) is 5.82 Å². The van der Waals surface area contributed by atoms with Crippen LogP contribution in [-0.4, -0.2) is 25.7 Å². The van der Waals surface area contributed by atoms with Crippen molar-refractivity contribution in [2.45, 2.75) is 30.3 Å². The van der Waals surface area contributed by atoms with Gasteiger partial charge in [0.2, 0.25) is 5.91 Å². The number of pyridine rings is 1. The third-order valence-electron chi connectivity index (χ3n) is 4.90. The first-order valence-electron chi connectivity index (χ1n) is 10.2. The van der Waals surface area contributed by atoms with Crippen molar-refractivity contribution < 1.29 is 9.18 Å². The second-order valence-electron chi connectivity index (χ2n) is 7.16. The van der Waals surface area contributed by atoms with Crippen molar-refractivity contribution in [3.05, 3.63) is 94.7 Å². The van der Waals surface area contributed by atoms with E-state index >= 15 is 0 Å². The van der Waals surface area contributed by atoms with Gasteiger partial charge in [-0.3, -0.25) is 14.2 Å². The van der Waals surface area contributed by atoms with Gasteiger partial charge in [0.15, 0.2) is 10.8 Å². The number of rotatable bonds is 7. The van der Waals surface area contributed by atoms with Crippen molar-refractivity contribution >= 4 is 34.4 Å². The number of thioether (sulfide) groups is 1. The van der Waals surface area contributed by atoms with Gasteiger partial charge in [0, 0.05) is 11.9 Å². The molecule has 1 amide bonds. The van der Waals surface area contributed by atoms with Crippen LogP contribution in [0.4, 0.5) is 10.1 Å². The highest BCUT2D eigenvalue weighted by Crippen LogP contribution is 2.26. The Bertz CT molecular complexity index is 1290. The number of nitrogens with one attached hydrogen (secondary N) is 1. The van der Waals surface area contributed by atoms with Crippen molar-refractivity contribution in [2.24, 2.45) is 0 Å². The van der Waals surface area contributed by atoms with Crippen LogP contribution in [0.3, 0.4) is 0 Å². The fourth-order valence-electron chi connectivity index (χ4n) is 3.24. The van der Waals surface area contributed by atoms with Gasteiger partial charge in [-0.1, -0.05) is 49.0 Å². The average molecular weight is 449 g/mol. The minimum absolute atomic E-state index is 0.205. The standard InChI is InChI=1S/C24H21FN4O2S/c1-2-20(22(30)27-18-12-10-17(25)11-13-18)32-24-28-21-19(9-6-14-26-21)23(31)29(24)15-16-7-4-3-5-8-16/h3-14,20H,2,15H2,1H3,(H,27,30)/t20-/m0/s1. The van der Waals surface area contributed by atoms with Gasteiger partial charge in [0.25, 0.3) is 5.56 Å². The summed E-state index contributed by atoms with van der Waals surface area (Å²) < 4.78 is 14.7. The molecule has 2 aromatic carbocycles. The van der Waals surface area contributed by atoms with Gasteiger partial charge in [-0.2, -0.15) is 0 Å². The van der Waals surface area contributed by atoms with Crippen LogP contribution in [-0.2, 0) is 11.3 Å². The summed E-state index contributed by atoms with van der Waals surface area (Å²) in [5.74, 6) is -0.618. The molecule has 0 saturated carbocycles. The van der Waals surface area contributed by atoms with Gasteiger partial charge >= 0.3 is 0 Å². The summed E-state index contributed by atoms with van der Waals surface area (Å²) in [7, 11) is 0. The molecule has 0 bridgehead atoms. The lowest BCUT2D eigenvalue weighted by Gasteiger charge is -2.18. The van der Waals surface area contributed by atoms with E-state index in [-0.39, 0.29) is 17.3 Å². The molecule has 0 aliphatic rings. The van der Waals surface area contributed by atoms with E-state index in [0.29, 0.717) is 34.8 Å². The number of benzene rings is 2. The quantitative estimate of drug-likeness (QED) is 0.333. The summed E-state index contributed by atoms with van der Waals surface area (Å²) in [6.07, 6.45) is 2.10. The van der Waals surface area contributed by atoms with Crippen LogP contribution < -0.4 is 10.9 Å². The third-order valence-corrected chi connectivity index (χ3v) is 6.26.